The van der Waals surface area contributed by atoms with Gasteiger partial charge in [0, 0.05) is 18.8 Å². The number of hydrogen-bond acceptors (Lipinski definition) is 7. The zero-order valence-corrected chi connectivity index (χ0v) is 24.9. The fourth-order valence-corrected chi connectivity index (χ4v) is 7.43. The fraction of sp³-hybridized carbons (Fsp3) is 0.424. The highest BCUT2D eigenvalue weighted by Gasteiger charge is 2.75. The molecule has 0 aliphatic carbocycles. The van der Waals surface area contributed by atoms with E-state index < -0.39 is 35.6 Å². The number of likely N-dealkylation sites (tertiary alicyclic amines) is 1. The van der Waals surface area contributed by atoms with E-state index in [4.69, 9.17) is 4.74 Å². The number of aliphatic hydroxyl groups is 1. The minimum Gasteiger partial charge on any atom is -0.394 e. The monoisotopic (exact) mass is 598 g/mol. The van der Waals surface area contributed by atoms with Gasteiger partial charge in [0.25, 0.3) is 0 Å². The lowest BCUT2D eigenvalue weighted by atomic mass is 9.70. The maximum atomic E-state index is 14.7. The van der Waals surface area contributed by atoms with Crippen LogP contribution in [0.25, 0.3) is 11.0 Å². The minimum atomic E-state index is -1.21. The molecule has 1 spiro atoms. The van der Waals surface area contributed by atoms with Crippen molar-refractivity contribution in [2.24, 2.45) is 11.8 Å². The van der Waals surface area contributed by atoms with Crippen molar-refractivity contribution >= 4 is 34.4 Å². The molecule has 3 aliphatic rings. The van der Waals surface area contributed by atoms with Crippen LogP contribution in [-0.2, 0) is 25.8 Å². The molecule has 4 heterocycles. The van der Waals surface area contributed by atoms with Gasteiger partial charge in [-0.25, -0.2) is 4.68 Å². The zero-order valence-electron chi connectivity index (χ0n) is 24.9. The molecule has 6 atom stereocenters. The largest absolute Gasteiger partial charge is 0.394 e. The van der Waals surface area contributed by atoms with Crippen LogP contribution >= 0.6 is 0 Å². The first-order valence-electron chi connectivity index (χ1n) is 15.2. The minimum absolute atomic E-state index is 0.0769. The zero-order chi connectivity index (χ0) is 31.0. The van der Waals surface area contributed by atoms with Gasteiger partial charge in [-0.3, -0.25) is 14.4 Å². The summed E-state index contributed by atoms with van der Waals surface area (Å²) in [5.74, 6) is -2.55. The van der Waals surface area contributed by atoms with Crippen molar-refractivity contribution < 1.29 is 24.2 Å². The number of hydrogen-bond donors (Lipinski definition) is 1. The average molecular weight is 599 g/mol. The summed E-state index contributed by atoms with van der Waals surface area (Å²) in [6.45, 7) is 9.79. The summed E-state index contributed by atoms with van der Waals surface area (Å²) in [4.78, 5) is 48.2. The Labute approximate surface area is 256 Å². The molecule has 44 heavy (non-hydrogen) atoms. The molecule has 1 aromatic heterocycles. The van der Waals surface area contributed by atoms with Crippen LogP contribution in [0.5, 0.6) is 0 Å². The molecule has 3 fully saturated rings. The highest BCUT2D eigenvalue weighted by molar-refractivity contribution is 6.03. The molecule has 230 valence electrons. The molecule has 0 saturated carbocycles. The van der Waals surface area contributed by atoms with Crippen molar-refractivity contribution in [1.29, 1.82) is 0 Å². The molecule has 3 aliphatic heterocycles. The predicted molar refractivity (Wildman–Crippen MR) is 164 cm³/mol. The van der Waals surface area contributed by atoms with Gasteiger partial charge in [-0.2, -0.15) is 0 Å². The SMILES string of the molecule is C=CCN(Cn1nnc2ccccc21)C(=O)C1N([C@@H](CC)CO)C(=O)[C@@H]2[C@H](C(=O)N(CC=C)c3ccccc3)[C@@H]3CCC12O3. The Bertz CT molecular complexity index is 1570. The third kappa shape index (κ3) is 4.62. The number of para-hydroxylation sites is 2. The molecule has 11 nitrogen and oxygen atoms in total. The summed E-state index contributed by atoms with van der Waals surface area (Å²) in [6, 6.07) is 15.1. The number of carbonyl (C=O) groups is 3. The molecule has 2 bridgehead atoms. The van der Waals surface area contributed by atoms with Crippen LogP contribution in [0.1, 0.15) is 26.2 Å². The van der Waals surface area contributed by atoms with E-state index in [1.165, 1.54) is 4.90 Å². The van der Waals surface area contributed by atoms with Crippen molar-refractivity contribution in [3.05, 3.63) is 79.9 Å². The summed E-state index contributed by atoms with van der Waals surface area (Å²) in [5.41, 5.74) is 0.951. The second-order valence-corrected chi connectivity index (χ2v) is 11.7. The molecule has 11 heteroatoms. The second-order valence-electron chi connectivity index (χ2n) is 11.7. The molecule has 3 aromatic rings. The summed E-state index contributed by atoms with van der Waals surface area (Å²) in [7, 11) is 0. The van der Waals surface area contributed by atoms with Crippen LogP contribution in [0.15, 0.2) is 79.9 Å². The summed E-state index contributed by atoms with van der Waals surface area (Å²) >= 11 is 0. The lowest BCUT2D eigenvalue weighted by Gasteiger charge is -2.39. The van der Waals surface area contributed by atoms with E-state index in [1.807, 2.05) is 61.5 Å². The van der Waals surface area contributed by atoms with E-state index in [9.17, 15) is 19.5 Å². The summed E-state index contributed by atoms with van der Waals surface area (Å²) in [5, 5.41) is 18.9. The summed E-state index contributed by atoms with van der Waals surface area (Å²) < 4.78 is 8.31. The predicted octanol–water partition coefficient (Wildman–Crippen LogP) is 2.77. The number of aromatic nitrogens is 3. The van der Waals surface area contributed by atoms with Crippen LogP contribution in [-0.4, -0.2) is 91.1 Å². The highest BCUT2D eigenvalue weighted by Crippen LogP contribution is 2.59. The van der Waals surface area contributed by atoms with Gasteiger partial charge in [-0.05, 0) is 43.5 Å². The summed E-state index contributed by atoms with van der Waals surface area (Å²) in [6.07, 6.45) is 4.20. The number of benzene rings is 2. The van der Waals surface area contributed by atoms with Crippen LogP contribution in [0.2, 0.25) is 0 Å². The highest BCUT2D eigenvalue weighted by atomic mass is 16.5. The van der Waals surface area contributed by atoms with E-state index in [0.717, 1.165) is 5.52 Å². The number of amides is 3. The standard InChI is InChI=1S/C33H38N6O5/c1-4-18-36(21-38-25-15-11-10-14-24(25)34-35-38)32(43)29-33-17-16-26(44-33)27(28(33)31(42)39(29)22(6-3)20-40)30(41)37(19-5-2)23-12-8-7-9-13-23/h4-5,7-15,22,26-29,40H,1-2,6,16-21H2,3H3/t22-,26-,27+,28-,29?,33?/m0/s1. The number of aliphatic hydroxyl groups excluding tert-OH is 1. The molecule has 0 radical (unpaired) electrons. The molecule has 3 amide bonds. The second kappa shape index (κ2) is 12.0. The van der Waals surface area contributed by atoms with E-state index in [-0.39, 0.29) is 44.1 Å². The van der Waals surface area contributed by atoms with Crippen molar-refractivity contribution in [3.8, 4) is 0 Å². The maximum absolute atomic E-state index is 14.7. The Balaban J connectivity index is 1.39. The van der Waals surface area contributed by atoms with Gasteiger partial charge in [0.2, 0.25) is 17.7 Å². The normalized spacial score (nSPS) is 26.0. The number of rotatable bonds is 12. The Morgan fingerprint density at radius 1 is 1.11 bits per heavy atom. The maximum Gasteiger partial charge on any atom is 0.250 e. The van der Waals surface area contributed by atoms with Crippen molar-refractivity contribution in [2.75, 3.05) is 24.6 Å². The van der Waals surface area contributed by atoms with E-state index in [1.54, 1.807) is 26.6 Å². The molecular formula is C33H38N6O5. The quantitative estimate of drug-likeness (QED) is 0.318. The van der Waals surface area contributed by atoms with Crippen molar-refractivity contribution in [1.82, 2.24) is 24.8 Å². The smallest absolute Gasteiger partial charge is 0.250 e. The van der Waals surface area contributed by atoms with Crippen LogP contribution in [0, 0.1) is 11.8 Å². The third-order valence-electron chi connectivity index (χ3n) is 9.36. The molecule has 3 saturated heterocycles. The van der Waals surface area contributed by atoms with Crippen LogP contribution < -0.4 is 4.90 Å². The molecule has 2 unspecified atom stereocenters. The Kier molecular flexibility index (Phi) is 8.08. The number of carbonyl (C=O) groups excluding carboxylic acids is 3. The number of nitrogens with zero attached hydrogens (tertiary/aromatic N) is 6. The van der Waals surface area contributed by atoms with Gasteiger partial charge in [-0.15, -0.1) is 18.3 Å². The Morgan fingerprint density at radius 2 is 1.84 bits per heavy atom. The average Bonchev–Trinajstić information content (AvgIpc) is 3.80. The lowest BCUT2D eigenvalue weighted by Crippen LogP contribution is -2.58. The van der Waals surface area contributed by atoms with Gasteiger partial charge in [0.15, 0.2) is 0 Å². The van der Waals surface area contributed by atoms with Crippen molar-refractivity contribution in [3.63, 3.8) is 0 Å². The topological polar surface area (TPSA) is 121 Å². The van der Waals surface area contributed by atoms with Gasteiger partial charge >= 0.3 is 0 Å². The molecule has 6 rings (SSSR count). The molecule has 1 N–H and O–H groups in total. The molecule has 2 aromatic carbocycles. The Hall–Kier alpha value is -4.35. The lowest BCUT2D eigenvalue weighted by molar-refractivity contribution is -0.152. The van der Waals surface area contributed by atoms with E-state index >= 15 is 0 Å². The van der Waals surface area contributed by atoms with E-state index in [2.05, 4.69) is 23.5 Å². The third-order valence-corrected chi connectivity index (χ3v) is 9.36. The van der Waals surface area contributed by atoms with Crippen molar-refractivity contribution in [2.45, 2.75) is 56.6 Å². The van der Waals surface area contributed by atoms with E-state index in [0.29, 0.717) is 30.5 Å². The van der Waals surface area contributed by atoms with Gasteiger partial charge < -0.3 is 24.5 Å². The number of fused-ring (bicyclic) bond motifs is 2. The first kappa shape index (κ1) is 29.7. The number of ether oxygens (including phenoxy) is 1. The van der Waals surface area contributed by atoms with Crippen LogP contribution in [0.4, 0.5) is 5.69 Å². The first-order chi connectivity index (χ1) is 21.4. The number of anilines is 1. The van der Waals surface area contributed by atoms with Gasteiger partial charge in [0.1, 0.15) is 23.8 Å². The van der Waals surface area contributed by atoms with Gasteiger partial charge in [-0.1, -0.05) is 54.6 Å². The van der Waals surface area contributed by atoms with Gasteiger partial charge in [0.05, 0.1) is 36.1 Å². The fourth-order valence-electron chi connectivity index (χ4n) is 7.43. The first-order valence-corrected chi connectivity index (χ1v) is 15.2. The van der Waals surface area contributed by atoms with Crippen LogP contribution in [0.3, 0.4) is 0 Å². The Morgan fingerprint density at radius 3 is 2.55 bits per heavy atom. The molecular weight excluding hydrogens is 560 g/mol.